The Bertz CT molecular complexity index is 955. The lowest BCUT2D eigenvalue weighted by Crippen LogP contribution is -2.37. The predicted molar refractivity (Wildman–Crippen MR) is 98.8 cm³/mol. The lowest BCUT2D eigenvalue weighted by atomic mass is 10.1. The van der Waals surface area contributed by atoms with Crippen LogP contribution in [0.3, 0.4) is 0 Å². The fourth-order valence-corrected chi connectivity index (χ4v) is 2.98. The zero-order chi connectivity index (χ0) is 17.8. The minimum absolute atomic E-state index is 0.156. The number of aromatic amines is 2. The van der Waals surface area contributed by atoms with E-state index in [0.717, 1.165) is 23.2 Å². The molecule has 0 saturated carbocycles. The molecule has 0 fully saturated rings. The summed E-state index contributed by atoms with van der Waals surface area (Å²) in [7, 11) is 0. The topological polar surface area (TPSA) is 89.8 Å². The molecule has 0 aliphatic heterocycles. The summed E-state index contributed by atoms with van der Waals surface area (Å²) >= 11 is 0. The van der Waals surface area contributed by atoms with Crippen molar-refractivity contribution in [3.05, 3.63) is 69.3 Å². The van der Waals surface area contributed by atoms with Gasteiger partial charge >= 0.3 is 6.03 Å². The Morgan fingerprint density at radius 2 is 1.96 bits per heavy atom. The van der Waals surface area contributed by atoms with Gasteiger partial charge in [-0.2, -0.15) is 0 Å². The second-order valence-electron chi connectivity index (χ2n) is 6.16. The number of rotatable bonds is 5. The molecule has 4 N–H and O–H groups in total. The van der Waals surface area contributed by atoms with E-state index in [1.165, 1.54) is 10.9 Å². The predicted octanol–water partition coefficient (Wildman–Crippen LogP) is 2.51. The van der Waals surface area contributed by atoms with Crippen molar-refractivity contribution >= 4 is 16.9 Å². The molecular formula is C19H22N4O2. The Kier molecular flexibility index (Phi) is 4.88. The minimum Gasteiger partial charge on any atom is -0.361 e. The van der Waals surface area contributed by atoms with Crippen LogP contribution in [0.1, 0.15) is 22.4 Å². The molecule has 6 nitrogen and oxygen atoms in total. The van der Waals surface area contributed by atoms with Gasteiger partial charge in [0.2, 0.25) is 0 Å². The van der Waals surface area contributed by atoms with Gasteiger partial charge in [0.15, 0.2) is 0 Å². The number of pyridine rings is 1. The molecule has 0 spiro atoms. The Balaban J connectivity index is 1.51. The van der Waals surface area contributed by atoms with E-state index in [9.17, 15) is 9.59 Å². The van der Waals surface area contributed by atoms with Crippen LogP contribution in [-0.2, 0) is 13.0 Å². The maximum Gasteiger partial charge on any atom is 0.315 e. The van der Waals surface area contributed by atoms with Gasteiger partial charge < -0.3 is 20.6 Å². The van der Waals surface area contributed by atoms with Gasteiger partial charge in [-0.05, 0) is 43.5 Å². The molecular weight excluding hydrogens is 316 g/mol. The average molecular weight is 338 g/mol. The second kappa shape index (κ2) is 7.25. The third kappa shape index (κ3) is 3.91. The summed E-state index contributed by atoms with van der Waals surface area (Å²) in [6.45, 7) is 4.44. The highest BCUT2D eigenvalue weighted by molar-refractivity contribution is 5.83. The number of aromatic nitrogens is 2. The molecule has 0 aliphatic rings. The molecule has 0 aliphatic carbocycles. The van der Waals surface area contributed by atoms with E-state index < -0.39 is 0 Å². The third-order valence-corrected chi connectivity index (χ3v) is 4.27. The van der Waals surface area contributed by atoms with E-state index in [-0.39, 0.29) is 18.1 Å². The lowest BCUT2D eigenvalue weighted by Gasteiger charge is -2.09. The molecule has 130 valence electrons. The standard InChI is InChI=1S/C19H22N4O2/c1-12-9-13(2)23-18(24)16(12)11-22-19(25)20-8-7-14-10-21-17-6-4-3-5-15(14)17/h3-6,9-10,21H,7-8,11H2,1-2H3,(H,23,24)(H2,20,22,25). The quantitative estimate of drug-likeness (QED) is 0.576. The number of amides is 2. The Hall–Kier alpha value is -3.02. The lowest BCUT2D eigenvalue weighted by molar-refractivity contribution is 0.240. The fourth-order valence-electron chi connectivity index (χ4n) is 2.98. The van der Waals surface area contributed by atoms with Crippen LogP contribution in [0.25, 0.3) is 10.9 Å². The first-order valence-corrected chi connectivity index (χ1v) is 8.30. The van der Waals surface area contributed by atoms with Gasteiger partial charge in [0.25, 0.3) is 5.56 Å². The number of aryl methyl sites for hydroxylation is 2. The van der Waals surface area contributed by atoms with Crippen molar-refractivity contribution < 1.29 is 4.79 Å². The van der Waals surface area contributed by atoms with E-state index >= 15 is 0 Å². The smallest absolute Gasteiger partial charge is 0.315 e. The Morgan fingerprint density at radius 1 is 1.16 bits per heavy atom. The largest absolute Gasteiger partial charge is 0.361 e. The molecule has 3 aromatic rings. The van der Waals surface area contributed by atoms with E-state index in [2.05, 4.69) is 26.7 Å². The molecule has 2 heterocycles. The SMILES string of the molecule is Cc1cc(C)c(CNC(=O)NCCc2c[nH]c3ccccc23)c(=O)[nH]1. The Labute approximate surface area is 145 Å². The summed E-state index contributed by atoms with van der Waals surface area (Å²) in [5.74, 6) is 0. The van der Waals surface area contributed by atoms with Crippen LogP contribution >= 0.6 is 0 Å². The van der Waals surface area contributed by atoms with Crippen molar-refractivity contribution in [2.45, 2.75) is 26.8 Å². The van der Waals surface area contributed by atoms with Gasteiger partial charge in [-0.15, -0.1) is 0 Å². The molecule has 0 atom stereocenters. The summed E-state index contributed by atoms with van der Waals surface area (Å²) in [5, 5.41) is 6.74. The summed E-state index contributed by atoms with van der Waals surface area (Å²) in [6.07, 6.45) is 2.71. The molecule has 2 aromatic heterocycles. The van der Waals surface area contributed by atoms with Crippen LogP contribution in [-0.4, -0.2) is 22.5 Å². The number of fused-ring (bicyclic) bond motifs is 1. The minimum atomic E-state index is -0.279. The van der Waals surface area contributed by atoms with Crippen molar-refractivity contribution in [3.63, 3.8) is 0 Å². The first kappa shape index (κ1) is 16.8. The van der Waals surface area contributed by atoms with Gasteiger partial charge in [-0.1, -0.05) is 18.2 Å². The second-order valence-corrected chi connectivity index (χ2v) is 6.16. The van der Waals surface area contributed by atoms with Crippen molar-refractivity contribution in [1.82, 2.24) is 20.6 Å². The molecule has 25 heavy (non-hydrogen) atoms. The van der Waals surface area contributed by atoms with E-state index in [1.807, 2.05) is 44.3 Å². The number of urea groups is 1. The van der Waals surface area contributed by atoms with Crippen LogP contribution in [0.4, 0.5) is 4.79 Å². The van der Waals surface area contributed by atoms with E-state index in [4.69, 9.17) is 0 Å². The Morgan fingerprint density at radius 3 is 2.76 bits per heavy atom. The molecule has 2 amide bonds. The van der Waals surface area contributed by atoms with Crippen LogP contribution in [0.2, 0.25) is 0 Å². The number of para-hydroxylation sites is 1. The monoisotopic (exact) mass is 338 g/mol. The van der Waals surface area contributed by atoms with Crippen molar-refractivity contribution in [2.75, 3.05) is 6.54 Å². The van der Waals surface area contributed by atoms with Gasteiger partial charge in [-0.25, -0.2) is 4.79 Å². The zero-order valence-electron chi connectivity index (χ0n) is 14.4. The third-order valence-electron chi connectivity index (χ3n) is 4.27. The maximum absolute atomic E-state index is 12.0. The van der Waals surface area contributed by atoms with Crippen molar-refractivity contribution in [2.24, 2.45) is 0 Å². The van der Waals surface area contributed by atoms with Crippen LogP contribution < -0.4 is 16.2 Å². The van der Waals surface area contributed by atoms with Crippen LogP contribution in [0.5, 0.6) is 0 Å². The molecule has 0 unspecified atom stereocenters. The average Bonchev–Trinajstić information content (AvgIpc) is 2.97. The van der Waals surface area contributed by atoms with Gasteiger partial charge in [0, 0.05) is 34.9 Å². The number of hydrogen-bond acceptors (Lipinski definition) is 2. The highest BCUT2D eigenvalue weighted by Gasteiger charge is 2.08. The molecule has 0 radical (unpaired) electrons. The first-order chi connectivity index (χ1) is 12.0. The number of nitrogens with one attached hydrogen (secondary N) is 4. The van der Waals surface area contributed by atoms with E-state index in [0.29, 0.717) is 12.1 Å². The summed E-state index contributed by atoms with van der Waals surface area (Å²) in [6, 6.07) is 9.70. The van der Waals surface area contributed by atoms with E-state index in [1.54, 1.807) is 0 Å². The summed E-state index contributed by atoms with van der Waals surface area (Å²) in [4.78, 5) is 29.9. The van der Waals surface area contributed by atoms with Crippen molar-refractivity contribution in [3.8, 4) is 0 Å². The van der Waals surface area contributed by atoms with Gasteiger partial charge in [0.1, 0.15) is 0 Å². The molecule has 1 aromatic carbocycles. The fraction of sp³-hybridized carbons (Fsp3) is 0.263. The normalized spacial score (nSPS) is 10.8. The number of hydrogen-bond donors (Lipinski definition) is 4. The van der Waals surface area contributed by atoms with Crippen LogP contribution in [0, 0.1) is 13.8 Å². The highest BCUT2D eigenvalue weighted by atomic mass is 16.2. The molecule has 0 bridgehead atoms. The zero-order valence-corrected chi connectivity index (χ0v) is 14.4. The number of carbonyl (C=O) groups excluding carboxylic acids is 1. The highest BCUT2D eigenvalue weighted by Crippen LogP contribution is 2.17. The number of H-pyrrole nitrogens is 2. The maximum atomic E-state index is 12.0. The van der Waals surface area contributed by atoms with Gasteiger partial charge in [-0.3, -0.25) is 4.79 Å². The molecule has 3 rings (SSSR count). The van der Waals surface area contributed by atoms with Gasteiger partial charge in [0.05, 0.1) is 6.54 Å². The van der Waals surface area contributed by atoms with Crippen LogP contribution in [0.15, 0.2) is 41.3 Å². The summed E-state index contributed by atoms with van der Waals surface area (Å²) in [5.41, 5.74) is 4.38. The molecule has 6 heteroatoms. The van der Waals surface area contributed by atoms with Crippen molar-refractivity contribution in [1.29, 1.82) is 0 Å². The number of carbonyl (C=O) groups is 1. The summed E-state index contributed by atoms with van der Waals surface area (Å²) < 4.78 is 0. The molecule has 0 saturated heterocycles. The number of benzene rings is 1. The first-order valence-electron chi connectivity index (χ1n) is 8.30.